The minimum atomic E-state index is 0.498. The molecule has 0 amide bonds. The van der Waals surface area contributed by atoms with Crippen molar-refractivity contribution in [3.63, 3.8) is 0 Å². The van der Waals surface area contributed by atoms with Crippen LogP contribution in [-0.4, -0.2) is 12.1 Å². The zero-order chi connectivity index (χ0) is 11.0. The molecule has 0 bridgehead atoms. The Morgan fingerprint density at radius 1 is 1.20 bits per heavy atom. The molecule has 0 fully saturated rings. The minimum Gasteiger partial charge on any atom is -0.494 e. The fourth-order valence-electron chi connectivity index (χ4n) is 1.47. The Kier molecular flexibility index (Phi) is 2.72. The number of aryl methyl sites for hydroxylation is 1. The molecule has 0 atom stereocenters. The summed E-state index contributed by atoms with van der Waals surface area (Å²) in [5.41, 5.74) is 1.45. The van der Waals surface area contributed by atoms with Crippen LogP contribution in [0.3, 0.4) is 0 Å². The summed E-state index contributed by atoms with van der Waals surface area (Å²) in [5, 5.41) is 1.84. The number of halogens is 2. The van der Waals surface area contributed by atoms with Gasteiger partial charge in [-0.1, -0.05) is 35.3 Å². The first-order valence-electron chi connectivity index (χ1n) is 4.43. The number of benzene rings is 1. The smallest absolute Gasteiger partial charge is 0.145 e. The second kappa shape index (κ2) is 3.87. The SMILES string of the molecule is COc1cccc2c(Cl)c(Cl)c(C)nc12. The summed E-state index contributed by atoms with van der Waals surface area (Å²) in [6.07, 6.45) is 0. The first kappa shape index (κ1) is 10.5. The van der Waals surface area contributed by atoms with Gasteiger partial charge in [0, 0.05) is 5.39 Å². The van der Waals surface area contributed by atoms with E-state index < -0.39 is 0 Å². The van der Waals surface area contributed by atoms with Gasteiger partial charge >= 0.3 is 0 Å². The standard InChI is InChI=1S/C11H9Cl2NO/c1-6-9(12)10(13)7-4-3-5-8(15-2)11(7)14-6/h3-5H,1-2H3. The fraction of sp³-hybridized carbons (Fsp3) is 0.182. The second-order valence-electron chi connectivity index (χ2n) is 3.18. The fourth-order valence-corrected chi connectivity index (χ4v) is 1.91. The Bertz CT molecular complexity index is 525. The normalized spacial score (nSPS) is 10.7. The summed E-state index contributed by atoms with van der Waals surface area (Å²) >= 11 is 12.1. The number of nitrogens with zero attached hydrogens (tertiary/aromatic N) is 1. The summed E-state index contributed by atoms with van der Waals surface area (Å²) in [5.74, 6) is 0.703. The Labute approximate surface area is 97.8 Å². The van der Waals surface area contributed by atoms with E-state index in [1.165, 1.54) is 0 Å². The van der Waals surface area contributed by atoms with Crippen molar-refractivity contribution in [1.29, 1.82) is 0 Å². The Hall–Kier alpha value is -0.990. The first-order chi connectivity index (χ1) is 7.15. The van der Waals surface area contributed by atoms with Gasteiger partial charge in [0.05, 0.1) is 22.8 Å². The zero-order valence-corrected chi connectivity index (χ0v) is 9.86. The predicted octanol–water partition coefficient (Wildman–Crippen LogP) is 3.86. The van der Waals surface area contributed by atoms with E-state index in [9.17, 15) is 0 Å². The van der Waals surface area contributed by atoms with Crippen molar-refractivity contribution in [3.05, 3.63) is 33.9 Å². The lowest BCUT2D eigenvalue weighted by Gasteiger charge is -2.08. The van der Waals surface area contributed by atoms with Gasteiger partial charge in [0.2, 0.25) is 0 Å². The molecule has 0 saturated carbocycles. The third-order valence-corrected chi connectivity index (χ3v) is 3.20. The van der Waals surface area contributed by atoms with E-state index in [2.05, 4.69) is 4.98 Å². The number of para-hydroxylation sites is 1. The Morgan fingerprint density at radius 2 is 1.93 bits per heavy atom. The average Bonchev–Trinajstić information content (AvgIpc) is 2.25. The van der Waals surface area contributed by atoms with Gasteiger partial charge in [-0.25, -0.2) is 4.98 Å². The summed E-state index contributed by atoms with van der Waals surface area (Å²) in [6, 6.07) is 5.58. The molecule has 0 aliphatic rings. The molecule has 1 aromatic carbocycles. The van der Waals surface area contributed by atoms with Gasteiger partial charge < -0.3 is 4.74 Å². The number of aromatic nitrogens is 1. The van der Waals surface area contributed by atoms with Crippen LogP contribution in [0.2, 0.25) is 10.0 Å². The number of ether oxygens (including phenoxy) is 1. The van der Waals surface area contributed by atoms with Crippen LogP contribution < -0.4 is 4.74 Å². The van der Waals surface area contributed by atoms with Crippen molar-refractivity contribution < 1.29 is 4.74 Å². The largest absolute Gasteiger partial charge is 0.494 e. The highest BCUT2D eigenvalue weighted by Crippen LogP contribution is 2.35. The van der Waals surface area contributed by atoms with Gasteiger partial charge in [-0.05, 0) is 13.0 Å². The molecule has 0 radical (unpaired) electrons. The van der Waals surface area contributed by atoms with Crippen molar-refractivity contribution in [1.82, 2.24) is 4.98 Å². The quantitative estimate of drug-likeness (QED) is 0.757. The van der Waals surface area contributed by atoms with E-state index in [0.29, 0.717) is 21.5 Å². The Balaban J connectivity index is 2.91. The van der Waals surface area contributed by atoms with Gasteiger partial charge in [0.25, 0.3) is 0 Å². The minimum absolute atomic E-state index is 0.498. The van der Waals surface area contributed by atoms with Gasteiger partial charge in [-0.3, -0.25) is 0 Å². The lowest BCUT2D eigenvalue weighted by molar-refractivity contribution is 0.419. The number of pyridine rings is 1. The maximum atomic E-state index is 6.13. The van der Waals surface area contributed by atoms with Crippen molar-refractivity contribution in [2.75, 3.05) is 7.11 Å². The maximum Gasteiger partial charge on any atom is 0.145 e. The lowest BCUT2D eigenvalue weighted by Crippen LogP contribution is -1.91. The average molecular weight is 242 g/mol. The molecule has 2 aromatic rings. The molecule has 15 heavy (non-hydrogen) atoms. The molecule has 2 rings (SSSR count). The highest BCUT2D eigenvalue weighted by Gasteiger charge is 2.11. The van der Waals surface area contributed by atoms with Crippen LogP contribution in [0, 0.1) is 6.92 Å². The summed E-state index contributed by atoms with van der Waals surface area (Å²) in [6.45, 7) is 1.82. The molecule has 0 N–H and O–H groups in total. The number of methoxy groups -OCH3 is 1. The number of rotatable bonds is 1. The molecule has 78 valence electrons. The van der Waals surface area contributed by atoms with Crippen LogP contribution in [0.15, 0.2) is 18.2 Å². The van der Waals surface area contributed by atoms with E-state index >= 15 is 0 Å². The molecule has 0 spiro atoms. The highest BCUT2D eigenvalue weighted by molar-refractivity contribution is 6.45. The molecule has 0 aliphatic heterocycles. The molecule has 1 heterocycles. The lowest BCUT2D eigenvalue weighted by atomic mass is 10.2. The summed E-state index contributed by atoms with van der Waals surface area (Å²) in [4.78, 5) is 4.37. The number of hydrogen-bond donors (Lipinski definition) is 0. The van der Waals surface area contributed by atoms with Crippen LogP contribution in [-0.2, 0) is 0 Å². The van der Waals surface area contributed by atoms with E-state index in [4.69, 9.17) is 27.9 Å². The third-order valence-electron chi connectivity index (χ3n) is 2.25. The molecule has 4 heteroatoms. The van der Waals surface area contributed by atoms with Crippen LogP contribution in [0.1, 0.15) is 5.69 Å². The molecular weight excluding hydrogens is 233 g/mol. The van der Waals surface area contributed by atoms with Crippen molar-refractivity contribution in [2.24, 2.45) is 0 Å². The van der Waals surface area contributed by atoms with Crippen molar-refractivity contribution >= 4 is 34.1 Å². The van der Waals surface area contributed by atoms with Crippen LogP contribution in [0.4, 0.5) is 0 Å². The van der Waals surface area contributed by atoms with E-state index in [-0.39, 0.29) is 0 Å². The van der Waals surface area contributed by atoms with Gasteiger partial charge in [-0.2, -0.15) is 0 Å². The van der Waals surface area contributed by atoms with E-state index in [1.807, 2.05) is 25.1 Å². The molecular formula is C11H9Cl2NO. The van der Waals surface area contributed by atoms with E-state index in [1.54, 1.807) is 7.11 Å². The van der Waals surface area contributed by atoms with Crippen molar-refractivity contribution in [3.8, 4) is 5.75 Å². The number of hydrogen-bond acceptors (Lipinski definition) is 2. The second-order valence-corrected chi connectivity index (χ2v) is 3.94. The molecule has 2 nitrogen and oxygen atoms in total. The first-order valence-corrected chi connectivity index (χ1v) is 5.19. The van der Waals surface area contributed by atoms with Gasteiger partial charge in [0.1, 0.15) is 11.3 Å². The number of fused-ring (bicyclic) bond motifs is 1. The van der Waals surface area contributed by atoms with Crippen molar-refractivity contribution in [2.45, 2.75) is 6.92 Å². The molecule has 0 saturated heterocycles. The van der Waals surface area contributed by atoms with E-state index in [0.717, 1.165) is 10.9 Å². The van der Waals surface area contributed by atoms with Crippen LogP contribution >= 0.6 is 23.2 Å². The van der Waals surface area contributed by atoms with Crippen LogP contribution in [0.25, 0.3) is 10.9 Å². The predicted molar refractivity (Wildman–Crippen MR) is 63.1 cm³/mol. The van der Waals surface area contributed by atoms with Crippen LogP contribution in [0.5, 0.6) is 5.75 Å². The monoisotopic (exact) mass is 241 g/mol. The topological polar surface area (TPSA) is 22.1 Å². The zero-order valence-electron chi connectivity index (χ0n) is 8.34. The summed E-state index contributed by atoms with van der Waals surface area (Å²) in [7, 11) is 1.61. The molecule has 1 aromatic heterocycles. The Morgan fingerprint density at radius 3 is 2.60 bits per heavy atom. The maximum absolute atomic E-state index is 6.13. The van der Waals surface area contributed by atoms with Gasteiger partial charge in [-0.15, -0.1) is 0 Å². The molecule has 0 aliphatic carbocycles. The molecule has 0 unspecified atom stereocenters. The highest BCUT2D eigenvalue weighted by atomic mass is 35.5. The van der Waals surface area contributed by atoms with Gasteiger partial charge in [0.15, 0.2) is 0 Å². The summed E-state index contributed by atoms with van der Waals surface area (Å²) < 4.78 is 5.21. The third kappa shape index (κ3) is 1.64.